The number of amides is 2. The first-order valence-electron chi connectivity index (χ1n) is 9.70. The number of para-hydroxylation sites is 1. The largest absolute Gasteiger partial charge is 0.469 e. The summed E-state index contributed by atoms with van der Waals surface area (Å²) in [5.41, 5.74) is 1.62. The standard InChI is InChI=1S/C21H22BrF2N3O4/c1-3-12-6-4-5-7-16(12)27(15-8-13(9-15)19(28)30-2)21(29)26-18-17(31-20(23)24)10-14(22)11-25-18/h4-7,10-11,13,15,20H,3,8-9H2,1-2H3,(H,25,26,29). The molecule has 1 aliphatic rings. The van der Waals surface area contributed by atoms with E-state index in [9.17, 15) is 18.4 Å². The Balaban J connectivity index is 1.90. The van der Waals surface area contributed by atoms with E-state index in [1.54, 1.807) is 4.90 Å². The molecule has 0 bridgehead atoms. The molecule has 0 aliphatic heterocycles. The summed E-state index contributed by atoms with van der Waals surface area (Å²) in [6.07, 6.45) is 2.93. The van der Waals surface area contributed by atoms with Gasteiger partial charge in [-0.3, -0.25) is 15.0 Å². The summed E-state index contributed by atoms with van der Waals surface area (Å²) >= 11 is 3.15. The zero-order valence-corrected chi connectivity index (χ0v) is 18.6. The summed E-state index contributed by atoms with van der Waals surface area (Å²) in [6.45, 7) is -1.10. The summed E-state index contributed by atoms with van der Waals surface area (Å²) in [5, 5.41) is 2.58. The van der Waals surface area contributed by atoms with Crippen molar-refractivity contribution in [3.05, 3.63) is 46.6 Å². The molecule has 1 heterocycles. The number of esters is 1. The number of aryl methyl sites for hydroxylation is 1. The van der Waals surface area contributed by atoms with E-state index < -0.39 is 12.6 Å². The normalized spacial score (nSPS) is 17.6. The molecule has 0 radical (unpaired) electrons. The number of rotatable bonds is 7. The smallest absolute Gasteiger partial charge is 0.387 e. The lowest BCUT2D eigenvalue weighted by atomic mass is 9.79. The number of benzene rings is 1. The maximum Gasteiger partial charge on any atom is 0.387 e. The molecule has 166 valence electrons. The van der Waals surface area contributed by atoms with Crippen LogP contribution in [0.3, 0.4) is 0 Å². The second-order valence-corrected chi connectivity index (χ2v) is 7.92. The Morgan fingerprint density at radius 3 is 2.68 bits per heavy atom. The minimum absolute atomic E-state index is 0.128. The summed E-state index contributed by atoms with van der Waals surface area (Å²) < 4.78 is 35.3. The minimum atomic E-state index is -3.07. The quantitative estimate of drug-likeness (QED) is 0.544. The average Bonchev–Trinajstić information content (AvgIpc) is 2.71. The van der Waals surface area contributed by atoms with Gasteiger partial charge in [0.05, 0.1) is 13.0 Å². The number of aromatic nitrogens is 1. The van der Waals surface area contributed by atoms with Crippen molar-refractivity contribution in [3.63, 3.8) is 0 Å². The van der Waals surface area contributed by atoms with Crippen LogP contribution in [-0.4, -0.2) is 36.7 Å². The first-order valence-corrected chi connectivity index (χ1v) is 10.5. The second-order valence-electron chi connectivity index (χ2n) is 7.01. The number of halogens is 3. The molecular formula is C21H22BrF2N3O4. The van der Waals surface area contributed by atoms with Gasteiger partial charge in [0.2, 0.25) is 0 Å². The zero-order valence-electron chi connectivity index (χ0n) is 17.0. The third kappa shape index (κ3) is 5.30. The molecule has 10 heteroatoms. The van der Waals surface area contributed by atoms with Crippen LogP contribution in [0.15, 0.2) is 41.0 Å². The highest BCUT2D eigenvalue weighted by molar-refractivity contribution is 9.10. The van der Waals surface area contributed by atoms with E-state index in [4.69, 9.17) is 4.74 Å². The Labute approximate surface area is 186 Å². The van der Waals surface area contributed by atoms with Gasteiger partial charge in [0.1, 0.15) is 0 Å². The Bertz CT molecular complexity index is 954. The predicted octanol–water partition coefficient (Wildman–Crippen LogP) is 5.00. The van der Waals surface area contributed by atoms with E-state index in [0.29, 0.717) is 29.4 Å². The van der Waals surface area contributed by atoms with Crippen LogP contribution in [0.2, 0.25) is 0 Å². The van der Waals surface area contributed by atoms with Gasteiger partial charge in [-0.25, -0.2) is 9.78 Å². The van der Waals surface area contributed by atoms with Crippen LogP contribution in [0, 0.1) is 5.92 Å². The number of nitrogens with one attached hydrogen (secondary N) is 1. The van der Waals surface area contributed by atoms with Crippen LogP contribution in [0.1, 0.15) is 25.3 Å². The van der Waals surface area contributed by atoms with Crippen molar-refractivity contribution in [3.8, 4) is 5.75 Å². The number of methoxy groups -OCH3 is 1. The van der Waals surface area contributed by atoms with Gasteiger partial charge in [-0.2, -0.15) is 8.78 Å². The number of anilines is 2. The van der Waals surface area contributed by atoms with Crippen LogP contribution in [0.25, 0.3) is 0 Å². The molecule has 1 aromatic heterocycles. The fourth-order valence-electron chi connectivity index (χ4n) is 3.54. The highest BCUT2D eigenvalue weighted by Gasteiger charge is 2.42. The molecule has 1 fully saturated rings. The Hall–Kier alpha value is -2.75. The molecule has 1 aromatic carbocycles. The zero-order chi connectivity index (χ0) is 22.5. The van der Waals surface area contributed by atoms with Gasteiger partial charge in [0, 0.05) is 28.5 Å². The number of hydrogen-bond acceptors (Lipinski definition) is 5. The molecule has 0 spiro atoms. The molecule has 2 amide bonds. The lowest BCUT2D eigenvalue weighted by Gasteiger charge is -2.42. The molecule has 1 N–H and O–H groups in total. The number of hydrogen-bond donors (Lipinski definition) is 1. The van der Waals surface area contributed by atoms with Gasteiger partial charge in [-0.1, -0.05) is 25.1 Å². The van der Waals surface area contributed by atoms with Crippen molar-refractivity contribution in [1.29, 1.82) is 0 Å². The number of carbonyl (C=O) groups is 2. The molecule has 3 rings (SSSR count). The summed E-state index contributed by atoms with van der Waals surface area (Å²) in [7, 11) is 1.33. The Kier molecular flexibility index (Phi) is 7.42. The number of nitrogens with zero attached hydrogens (tertiary/aromatic N) is 2. The predicted molar refractivity (Wildman–Crippen MR) is 114 cm³/mol. The van der Waals surface area contributed by atoms with Crippen LogP contribution >= 0.6 is 15.9 Å². The first-order chi connectivity index (χ1) is 14.8. The van der Waals surface area contributed by atoms with Crippen molar-refractivity contribution in [2.24, 2.45) is 5.92 Å². The van der Waals surface area contributed by atoms with Gasteiger partial charge in [-0.05, 0) is 46.8 Å². The van der Waals surface area contributed by atoms with Crippen molar-refractivity contribution in [2.45, 2.75) is 38.8 Å². The van der Waals surface area contributed by atoms with Crippen LogP contribution in [0.4, 0.5) is 25.1 Å². The van der Waals surface area contributed by atoms with Gasteiger partial charge in [-0.15, -0.1) is 0 Å². The molecule has 0 saturated heterocycles. The fourth-order valence-corrected chi connectivity index (χ4v) is 3.85. The minimum Gasteiger partial charge on any atom is -0.469 e. The maximum atomic E-state index is 13.3. The summed E-state index contributed by atoms with van der Waals surface area (Å²) in [4.78, 5) is 30.7. The van der Waals surface area contributed by atoms with Crippen molar-refractivity contribution < 1.29 is 27.8 Å². The summed E-state index contributed by atoms with van der Waals surface area (Å²) in [6, 6.07) is 7.91. The summed E-state index contributed by atoms with van der Waals surface area (Å²) in [5.74, 6) is -0.996. The lowest BCUT2D eigenvalue weighted by Crippen LogP contribution is -2.52. The highest BCUT2D eigenvalue weighted by Crippen LogP contribution is 2.38. The van der Waals surface area contributed by atoms with Gasteiger partial charge in [0.25, 0.3) is 0 Å². The molecule has 0 atom stereocenters. The number of ether oxygens (including phenoxy) is 2. The number of pyridine rings is 1. The third-order valence-corrected chi connectivity index (χ3v) is 5.56. The van der Waals surface area contributed by atoms with Crippen LogP contribution in [-0.2, 0) is 16.0 Å². The first kappa shape index (κ1) is 22.9. The van der Waals surface area contributed by atoms with Crippen LogP contribution in [0.5, 0.6) is 5.75 Å². The van der Waals surface area contributed by atoms with E-state index >= 15 is 0 Å². The topological polar surface area (TPSA) is 80.8 Å². The highest BCUT2D eigenvalue weighted by atomic mass is 79.9. The van der Waals surface area contributed by atoms with E-state index in [1.165, 1.54) is 19.4 Å². The van der Waals surface area contributed by atoms with Gasteiger partial charge in [0.15, 0.2) is 11.6 Å². The monoisotopic (exact) mass is 497 g/mol. The molecule has 1 aliphatic carbocycles. The molecule has 31 heavy (non-hydrogen) atoms. The lowest BCUT2D eigenvalue weighted by molar-refractivity contribution is -0.148. The van der Waals surface area contributed by atoms with E-state index in [2.05, 4.69) is 31.0 Å². The fraction of sp³-hybridized carbons (Fsp3) is 0.381. The average molecular weight is 498 g/mol. The van der Waals surface area contributed by atoms with E-state index in [-0.39, 0.29) is 29.5 Å². The molecular weight excluding hydrogens is 476 g/mol. The van der Waals surface area contributed by atoms with Crippen molar-refractivity contribution in [2.75, 3.05) is 17.3 Å². The molecule has 2 aromatic rings. The van der Waals surface area contributed by atoms with Crippen molar-refractivity contribution >= 4 is 39.4 Å². The number of urea groups is 1. The van der Waals surface area contributed by atoms with Crippen LogP contribution < -0.4 is 15.0 Å². The maximum absolute atomic E-state index is 13.3. The number of carbonyl (C=O) groups excluding carboxylic acids is 2. The van der Waals surface area contributed by atoms with Gasteiger partial charge < -0.3 is 9.47 Å². The molecule has 0 unspecified atom stereocenters. The third-order valence-electron chi connectivity index (χ3n) is 5.12. The van der Waals surface area contributed by atoms with E-state index in [0.717, 1.165) is 5.56 Å². The Morgan fingerprint density at radius 2 is 2.03 bits per heavy atom. The Morgan fingerprint density at radius 1 is 1.32 bits per heavy atom. The number of alkyl halides is 2. The van der Waals surface area contributed by atoms with Crippen molar-refractivity contribution in [1.82, 2.24) is 4.98 Å². The SMILES string of the molecule is CCc1ccccc1N(C(=O)Nc1ncc(Br)cc1OC(F)F)C1CC(C(=O)OC)C1. The molecule has 1 saturated carbocycles. The van der Waals surface area contributed by atoms with Gasteiger partial charge >= 0.3 is 18.6 Å². The molecule has 7 nitrogen and oxygen atoms in total. The second kappa shape index (κ2) is 10.0. The van der Waals surface area contributed by atoms with E-state index in [1.807, 2.05) is 31.2 Å².